The molecule has 0 aliphatic rings. The van der Waals surface area contributed by atoms with Crippen molar-refractivity contribution in [2.24, 2.45) is 0 Å². The first-order valence-electron chi connectivity index (χ1n) is 29.8. The summed E-state index contributed by atoms with van der Waals surface area (Å²) in [7, 11) is 1.30. The molecule has 0 aromatic rings. The summed E-state index contributed by atoms with van der Waals surface area (Å²) in [6, 6.07) is -0.809. The van der Waals surface area contributed by atoms with Crippen LogP contribution in [0.5, 0.6) is 0 Å². The largest absolute Gasteiger partial charge is 0.756 e. The molecule has 1 amide bonds. The SMILES string of the molecule is CCCCC/C=C\C/C=C\C/C=C\CCCCCCCCC(=O)NC(COP(=O)([O-])OCC[N+](C)(C)C)C(O)CCCCCCCCCCCCCCCCCCCCCCCCCCCCCC. The van der Waals surface area contributed by atoms with E-state index in [4.69, 9.17) is 9.05 Å². The number of carbonyl (C=O) groups is 1. The molecular formula is C60H117N2O6P. The first-order chi connectivity index (χ1) is 33.5. The number of allylic oxidation sites excluding steroid dienone is 6. The summed E-state index contributed by atoms with van der Waals surface area (Å²) in [5, 5.41) is 14.0. The van der Waals surface area contributed by atoms with Gasteiger partial charge in [0.25, 0.3) is 7.82 Å². The van der Waals surface area contributed by atoms with E-state index in [9.17, 15) is 19.4 Å². The number of amides is 1. The Labute approximate surface area is 429 Å². The lowest BCUT2D eigenvalue weighted by Gasteiger charge is -2.30. The van der Waals surface area contributed by atoms with Crippen molar-refractivity contribution >= 4 is 13.7 Å². The molecule has 0 saturated carbocycles. The minimum absolute atomic E-state index is 0.00929. The fourth-order valence-electron chi connectivity index (χ4n) is 8.93. The third kappa shape index (κ3) is 54.3. The van der Waals surface area contributed by atoms with Gasteiger partial charge in [0, 0.05) is 6.42 Å². The highest BCUT2D eigenvalue weighted by Gasteiger charge is 2.24. The van der Waals surface area contributed by atoms with Crippen LogP contribution < -0.4 is 10.2 Å². The van der Waals surface area contributed by atoms with E-state index in [2.05, 4.69) is 55.6 Å². The molecule has 0 aliphatic heterocycles. The fourth-order valence-corrected chi connectivity index (χ4v) is 9.66. The molecule has 2 N–H and O–H groups in total. The smallest absolute Gasteiger partial charge is 0.268 e. The van der Waals surface area contributed by atoms with Gasteiger partial charge >= 0.3 is 0 Å². The third-order valence-electron chi connectivity index (χ3n) is 13.6. The van der Waals surface area contributed by atoms with E-state index in [0.717, 1.165) is 64.2 Å². The summed E-state index contributed by atoms with van der Waals surface area (Å²) in [5.41, 5.74) is 0. The monoisotopic (exact) mass is 993 g/mol. The van der Waals surface area contributed by atoms with Gasteiger partial charge in [0.05, 0.1) is 39.9 Å². The van der Waals surface area contributed by atoms with Gasteiger partial charge in [-0.15, -0.1) is 0 Å². The third-order valence-corrected chi connectivity index (χ3v) is 14.6. The van der Waals surface area contributed by atoms with E-state index >= 15 is 0 Å². The fraction of sp³-hybridized carbons (Fsp3) is 0.883. The van der Waals surface area contributed by atoms with E-state index in [0.29, 0.717) is 23.9 Å². The molecule has 0 rings (SSSR count). The number of aliphatic hydroxyl groups is 1. The van der Waals surface area contributed by atoms with Gasteiger partial charge in [-0.1, -0.05) is 269 Å². The number of carbonyl (C=O) groups excluding carboxylic acids is 1. The van der Waals surface area contributed by atoms with Crippen molar-refractivity contribution in [3.63, 3.8) is 0 Å². The average molecular weight is 994 g/mol. The number of nitrogens with one attached hydrogen (secondary N) is 1. The van der Waals surface area contributed by atoms with Crippen LogP contribution in [0.25, 0.3) is 0 Å². The quantitative estimate of drug-likeness (QED) is 0.0272. The molecule has 9 heteroatoms. The maximum Gasteiger partial charge on any atom is 0.268 e. The minimum atomic E-state index is -4.58. The second-order valence-electron chi connectivity index (χ2n) is 21.7. The number of phosphoric acid groups is 1. The van der Waals surface area contributed by atoms with Gasteiger partial charge in [-0.2, -0.15) is 0 Å². The van der Waals surface area contributed by atoms with Crippen molar-refractivity contribution in [1.29, 1.82) is 0 Å². The first-order valence-corrected chi connectivity index (χ1v) is 31.3. The Morgan fingerprint density at radius 2 is 0.841 bits per heavy atom. The summed E-state index contributed by atoms with van der Waals surface area (Å²) in [6.07, 6.45) is 66.1. The van der Waals surface area contributed by atoms with E-state index in [-0.39, 0.29) is 19.1 Å². The Morgan fingerprint density at radius 3 is 1.25 bits per heavy atom. The van der Waals surface area contributed by atoms with Crippen molar-refractivity contribution in [2.75, 3.05) is 40.9 Å². The minimum Gasteiger partial charge on any atom is -0.756 e. The van der Waals surface area contributed by atoms with Gasteiger partial charge < -0.3 is 28.8 Å². The molecule has 0 aromatic heterocycles. The number of likely N-dealkylation sites (N-methyl/N-ethyl adjacent to an activating group) is 1. The number of nitrogens with zero attached hydrogens (tertiary/aromatic N) is 1. The normalized spacial score (nSPS) is 14.1. The van der Waals surface area contributed by atoms with E-state index in [1.54, 1.807) is 0 Å². The molecule has 0 heterocycles. The van der Waals surface area contributed by atoms with Crippen LogP contribution in [0, 0.1) is 0 Å². The van der Waals surface area contributed by atoms with E-state index < -0.39 is 20.0 Å². The molecule has 3 atom stereocenters. The summed E-state index contributed by atoms with van der Waals surface area (Å²) in [4.78, 5) is 25.5. The van der Waals surface area contributed by atoms with Gasteiger partial charge in [-0.05, 0) is 51.4 Å². The Kier molecular flexibility index (Phi) is 50.7. The van der Waals surface area contributed by atoms with Crippen LogP contribution in [0.1, 0.15) is 290 Å². The first kappa shape index (κ1) is 67.7. The molecule has 0 fully saturated rings. The lowest BCUT2D eigenvalue weighted by atomic mass is 10.0. The Bertz CT molecular complexity index is 1220. The molecule has 69 heavy (non-hydrogen) atoms. The summed E-state index contributed by atoms with van der Waals surface area (Å²) in [6.45, 7) is 4.72. The van der Waals surface area contributed by atoms with Gasteiger partial charge in [0.15, 0.2) is 0 Å². The molecule has 0 aliphatic carbocycles. The van der Waals surface area contributed by atoms with Crippen LogP contribution in [0.4, 0.5) is 0 Å². The van der Waals surface area contributed by atoms with Crippen LogP contribution in [-0.2, 0) is 18.4 Å². The molecule has 0 bridgehead atoms. The number of hydrogen-bond donors (Lipinski definition) is 2. The number of phosphoric ester groups is 1. The lowest BCUT2D eigenvalue weighted by Crippen LogP contribution is -2.46. The molecule has 0 saturated heterocycles. The standard InChI is InChI=1S/C60H117N2O6P/c1-6-8-10-12-14-16-18-20-22-24-26-27-28-29-30-31-32-33-34-36-37-39-41-43-45-47-49-51-53-59(63)58(57-68-69(65,66)67-56-55-62(3,4)5)61-60(64)54-52-50-48-46-44-42-40-38-35-25-23-21-19-17-15-13-11-9-7-2/h15,17,21,23,35,38,58-59,63H,6-14,16,18-20,22,24-34,36-37,39-57H2,1-5H3,(H-,61,64,65,66)/b17-15-,23-21-,38-35-. The van der Waals surface area contributed by atoms with Crippen molar-refractivity contribution in [2.45, 2.75) is 302 Å². The highest BCUT2D eigenvalue weighted by molar-refractivity contribution is 7.45. The summed E-state index contributed by atoms with van der Waals surface area (Å²) in [5.74, 6) is -0.174. The Morgan fingerprint density at radius 1 is 0.507 bits per heavy atom. The number of rotatable bonds is 55. The molecule has 0 aromatic carbocycles. The van der Waals surface area contributed by atoms with Crippen LogP contribution in [0.15, 0.2) is 36.5 Å². The summed E-state index contributed by atoms with van der Waals surface area (Å²) < 4.78 is 23.4. The highest BCUT2D eigenvalue weighted by Crippen LogP contribution is 2.38. The zero-order valence-corrected chi connectivity index (χ0v) is 47.4. The molecule has 408 valence electrons. The zero-order chi connectivity index (χ0) is 50.6. The van der Waals surface area contributed by atoms with E-state index in [1.807, 2.05) is 21.1 Å². The van der Waals surface area contributed by atoms with Gasteiger partial charge in [0.2, 0.25) is 5.91 Å². The van der Waals surface area contributed by atoms with Crippen LogP contribution >= 0.6 is 7.82 Å². The predicted octanol–water partition coefficient (Wildman–Crippen LogP) is 17.5. The number of quaternary nitrogens is 1. The number of aliphatic hydroxyl groups excluding tert-OH is 1. The Hall–Kier alpha value is -1.28. The predicted molar refractivity (Wildman–Crippen MR) is 298 cm³/mol. The average Bonchev–Trinajstić information content (AvgIpc) is 3.31. The van der Waals surface area contributed by atoms with Crippen LogP contribution in [0.3, 0.4) is 0 Å². The van der Waals surface area contributed by atoms with Gasteiger partial charge in [-0.25, -0.2) is 0 Å². The summed E-state index contributed by atoms with van der Waals surface area (Å²) >= 11 is 0. The lowest BCUT2D eigenvalue weighted by molar-refractivity contribution is -0.870. The van der Waals surface area contributed by atoms with Gasteiger partial charge in [0.1, 0.15) is 13.2 Å². The zero-order valence-electron chi connectivity index (χ0n) is 46.5. The maximum atomic E-state index is 13.0. The second kappa shape index (κ2) is 51.6. The molecule has 3 unspecified atom stereocenters. The van der Waals surface area contributed by atoms with Crippen molar-refractivity contribution < 1.29 is 32.9 Å². The number of hydrogen-bond acceptors (Lipinski definition) is 6. The second-order valence-corrected chi connectivity index (χ2v) is 23.1. The van der Waals surface area contributed by atoms with Gasteiger partial charge in [-0.3, -0.25) is 9.36 Å². The molecule has 8 nitrogen and oxygen atoms in total. The van der Waals surface area contributed by atoms with Crippen molar-refractivity contribution in [1.82, 2.24) is 5.32 Å². The van der Waals surface area contributed by atoms with Crippen LogP contribution in [0.2, 0.25) is 0 Å². The highest BCUT2D eigenvalue weighted by atomic mass is 31.2. The van der Waals surface area contributed by atoms with Crippen LogP contribution in [-0.4, -0.2) is 68.5 Å². The number of unbranched alkanes of at least 4 members (excludes halogenated alkanes) is 36. The maximum absolute atomic E-state index is 13.0. The molecule has 0 radical (unpaired) electrons. The molecular weight excluding hydrogens is 876 g/mol. The van der Waals surface area contributed by atoms with Crippen molar-refractivity contribution in [3.05, 3.63) is 36.5 Å². The Balaban J connectivity index is 4.12. The van der Waals surface area contributed by atoms with Crippen molar-refractivity contribution in [3.8, 4) is 0 Å². The van der Waals surface area contributed by atoms with E-state index in [1.165, 1.54) is 199 Å². The topological polar surface area (TPSA) is 108 Å². The molecule has 0 spiro atoms.